The van der Waals surface area contributed by atoms with Gasteiger partial charge in [0, 0.05) is 6.20 Å². The molecule has 5 nitrogen and oxygen atoms in total. The first-order valence-corrected chi connectivity index (χ1v) is 3.95. The maximum absolute atomic E-state index is 12.3. The molecule has 0 radical (unpaired) electrons. The molecule has 0 bridgehead atoms. The predicted molar refractivity (Wildman–Crippen MR) is 45.8 cm³/mol. The lowest BCUT2D eigenvalue weighted by atomic mass is 10.2. The molecule has 0 aliphatic rings. The number of hydrogen-bond acceptors (Lipinski definition) is 3. The minimum absolute atomic E-state index is 0.0142. The van der Waals surface area contributed by atoms with Crippen molar-refractivity contribution >= 4 is 17.1 Å². The van der Waals surface area contributed by atoms with Gasteiger partial charge in [-0.1, -0.05) is 0 Å². The molecular weight excluding hydrogens is 208 g/mol. The molecule has 78 valence electrons. The molecule has 0 amide bonds. The topological polar surface area (TPSA) is 78.9 Å². The number of H-pyrrole nitrogens is 1. The van der Waals surface area contributed by atoms with E-state index in [1.807, 2.05) is 0 Å². The number of rotatable bonds is 2. The van der Waals surface area contributed by atoms with E-state index >= 15 is 0 Å². The van der Waals surface area contributed by atoms with E-state index in [0.29, 0.717) is 0 Å². The maximum Gasteiger partial charge on any atom is 0.338 e. The molecule has 0 saturated heterocycles. The Kier molecular flexibility index (Phi) is 2.07. The lowest BCUT2D eigenvalue weighted by Gasteiger charge is -1.93. The van der Waals surface area contributed by atoms with E-state index in [1.54, 1.807) is 0 Å². The average Bonchev–Trinajstić information content (AvgIpc) is 2.60. The van der Waals surface area contributed by atoms with Gasteiger partial charge in [0.2, 0.25) is 0 Å². The van der Waals surface area contributed by atoms with Gasteiger partial charge in [-0.05, 0) is 6.07 Å². The van der Waals surface area contributed by atoms with Gasteiger partial charge in [-0.25, -0.2) is 23.5 Å². The summed E-state index contributed by atoms with van der Waals surface area (Å²) in [6.07, 6.45) is -1.57. The van der Waals surface area contributed by atoms with Gasteiger partial charge in [0.1, 0.15) is 0 Å². The van der Waals surface area contributed by atoms with E-state index in [2.05, 4.69) is 15.0 Å². The number of nitrogens with one attached hydrogen (secondary N) is 1. The van der Waals surface area contributed by atoms with Crippen molar-refractivity contribution in [1.82, 2.24) is 15.0 Å². The van der Waals surface area contributed by atoms with Crippen molar-refractivity contribution < 1.29 is 18.7 Å². The Morgan fingerprint density at radius 1 is 1.53 bits per heavy atom. The normalized spacial score (nSPS) is 11.1. The second-order valence-electron chi connectivity index (χ2n) is 2.79. The molecule has 0 spiro atoms. The Labute approximate surface area is 81.8 Å². The minimum Gasteiger partial charge on any atom is -0.478 e. The highest BCUT2D eigenvalue weighted by atomic mass is 19.3. The van der Waals surface area contributed by atoms with Crippen molar-refractivity contribution in [2.24, 2.45) is 0 Å². The SMILES string of the molecule is O=C(O)c1ccnc2nc(C(F)F)[nH]c12. The number of halogens is 2. The fourth-order valence-corrected chi connectivity index (χ4v) is 1.21. The van der Waals surface area contributed by atoms with E-state index in [0.717, 1.165) is 0 Å². The molecule has 0 fully saturated rings. The van der Waals surface area contributed by atoms with Gasteiger partial charge >= 0.3 is 5.97 Å². The second kappa shape index (κ2) is 3.26. The summed E-state index contributed by atoms with van der Waals surface area (Å²) in [4.78, 5) is 20.1. The molecule has 2 rings (SSSR count). The summed E-state index contributed by atoms with van der Waals surface area (Å²) in [6, 6.07) is 1.22. The summed E-state index contributed by atoms with van der Waals surface area (Å²) in [5.41, 5.74) is -0.134. The highest BCUT2D eigenvalue weighted by molar-refractivity contribution is 5.99. The molecule has 2 heterocycles. The summed E-state index contributed by atoms with van der Waals surface area (Å²) >= 11 is 0. The zero-order valence-corrected chi connectivity index (χ0v) is 7.24. The molecule has 0 aliphatic carbocycles. The first kappa shape index (κ1) is 9.50. The molecule has 2 aromatic heterocycles. The van der Waals surface area contributed by atoms with Crippen molar-refractivity contribution in [3.05, 3.63) is 23.7 Å². The van der Waals surface area contributed by atoms with Crippen molar-refractivity contribution in [1.29, 1.82) is 0 Å². The molecular formula is C8H5F2N3O2. The van der Waals surface area contributed by atoms with Crippen molar-refractivity contribution in [2.75, 3.05) is 0 Å². The highest BCUT2D eigenvalue weighted by Crippen LogP contribution is 2.20. The van der Waals surface area contributed by atoms with Gasteiger partial charge in [0.05, 0.1) is 11.1 Å². The number of carbonyl (C=O) groups is 1. The molecule has 2 aromatic rings. The van der Waals surface area contributed by atoms with Crippen molar-refractivity contribution in [3.63, 3.8) is 0 Å². The van der Waals surface area contributed by atoms with E-state index in [-0.39, 0.29) is 16.7 Å². The second-order valence-corrected chi connectivity index (χ2v) is 2.79. The number of aromatic amines is 1. The largest absolute Gasteiger partial charge is 0.478 e. The molecule has 0 unspecified atom stereocenters. The fourth-order valence-electron chi connectivity index (χ4n) is 1.21. The third-order valence-corrected chi connectivity index (χ3v) is 1.85. The number of imidazole rings is 1. The number of aromatic carboxylic acids is 1. The van der Waals surface area contributed by atoms with Crippen LogP contribution in [0.15, 0.2) is 12.3 Å². The average molecular weight is 213 g/mol. The minimum atomic E-state index is -2.78. The number of nitrogens with zero attached hydrogens (tertiary/aromatic N) is 2. The van der Waals surface area contributed by atoms with Crippen LogP contribution in [0.25, 0.3) is 11.2 Å². The number of fused-ring (bicyclic) bond motifs is 1. The Bertz CT molecular complexity index is 524. The standard InChI is InChI=1S/C8H5F2N3O2/c9-5(10)7-12-4-3(8(14)15)1-2-11-6(4)13-7/h1-2,5H,(H,14,15)(H,11,12,13). The van der Waals surface area contributed by atoms with Gasteiger partial charge in [-0.15, -0.1) is 0 Å². The van der Waals surface area contributed by atoms with Gasteiger partial charge in [0.25, 0.3) is 6.43 Å². The molecule has 0 aromatic carbocycles. The van der Waals surface area contributed by atoms with E-state index in [1.165, 1.54) is 12.3 Å². The van der Waals surface area contributed by atoms with E-state index in [4.69, 9.17) is 5.11 Å². The molecule has 2 N–H and O–H groups in total. The predicted octanol–water partition coefficient (Wildman–Crippen LogP) is 1.59. The smallest absolute Gasteiger partial charge is 0.338 e. The quantitative estimate of drug-likeness (QED) is 0.793. The van der Waals surface area contributed by atoms with Crippen molar-refractivity contribution in [2.45, 2.75) is 6.43 Å². The number of aromatic nitrogens is 3. The number of carboxylic acid groups (broad SMARTS) is 1. The van der Waals surface area contributed by atoms with Crippen LogP contribution in [-0.4, -0.2) is 26.0 Å². The monoisotopic (exact) mass is 213 g/mol. The van der Waals surface area contributed by atoms with Gasteiger partial charge in [-0.2, -0.15) is 0 Å². The van der Waals surface area contributed by atoms with E-state index < -0.39 is 18.2 Å². The Hall–Kier alpha value is -2.05. The van der Waals surface area contributed by atoms with Crippen LogP contribution in [0.2, 0.25) is 0 Å². The van der Waals surface area contributed by atoms with Gasteiger partial charge < -0.3 is 10.1 Å². The number of pyridine rings is 1. The summed E-state index contributed by atoms with van der Waals surface area (Å²) in [5, 5.41) is 8.77. The van der Waals surface area contributed by atoms with E-state index in [9.17, 15) is 13.6 Å². The molecule has 7 heteroatoms. The Morgan fingerprint density at radius 2 is 2.27 bits per heavy atom. The summed E-state index contributed by atoms with van der Waals surface area (Å²) in [7, 11) is 0. The van der Waals surface area contributed by atoms with Crippen LogP contribution < -0.4 is 0 Å². The molecule has 0 atom stereocenters. The lowest BCUT2D eigenvalue weighted by molar-refractivity contribution is 0.0698. The first-order valence-electron chi connectivity index (χ1n) is 3.95. The van der Waals surface area contributed by atoms with Crippen LogP contribution in [0, 0.1) is 0 Å². The number of alkyl halides is 2. The van der Waals surface area contributed by atoms with Crippen LogP contribution in [0.1, 0.15) is 22.6 Å². The summed E-state index contributed by atoms with van der Waals surface area (Å²) < 4.78 is 24.5. The molecule has 0 saturated carbocycles. The van der Waals surface area contributed by atoms with Crippen LogP contribution in [-0.2, 0) is 0 Å². The Morgan fingerprint density at radius 3 is 2.87 bits per heavy atom. The third kappa shape index (κ3) is 1.51. The van der Waals surface area contributed by atoms with Crippen molar-refractivity contribution in [3.8, 4) is 0 Å². The van der Waals surface area contributed by atoms with Crippen LogP contribution in [0.4, 0.5) is 8.78 Å². The first-order chi connectivity index (χ1) is 7.09. The zero-order valence-electron chi connectivity index (χ0n) is 7.24. The number of hydrogen-bond donors (Lipinski definition) is 2. The van der Waals surface area contributed by atoms with Gasteiger partial charge in [0.15, 0.2) is 11.5 Å². The maximum atomic E-state index is 12.3. The van der Waals surface area contributed by atoms with Crippen LogP contribution >= 0.6 is 0 Å². The lowest BCUT2D eigenvalue weighted by Crippen LogP contribution is -1.97. The van der Waals surface area contributed by atoms with Crippen LogP contribution in [0.3, 0.4) is 0 Å². The third-order valence-electron chi connectivity index (χ3n) is 1.85. The Balaban J connectivity index is 2.70. The van der Waals surface area contributed by atoms with Crippen LogP contribution in [0.5, 0.6) is 0 Å². The summed E-state index contributed by atoms with van der Waals surface area (Å²) in [6.45, 7) is 0. The highest BCUT2D eigenvalue weighted by Gasteiger charge is 2.17. The van der Waals surface area contributed by atoms with Gasteiger partial charge in [-0.3, -0.25) is 0 Å². The fraction of sp³-hybridized carbons (Fsp3) is 0.125. The number of carboxylic acids is 1. The molecule has 15 heavy (non-hydrogen) atoms. The zero-order chi connectivity index (χ0) is 11.0. The molecule has 0 aliphatic heterocycles. The summed E-state index contributed by atoms with van der Waals surface area (Å²) in [5.74, 6) is -1.79.